The molecule has 0 aliphatic rings. The molecule has 2 rings (SSSR count). The molecule has 0 atom stereocenters. The van der Waals surface area contributed by atoms with E-state index in [9.17, 15) is 9.59 Å². The molecule has 0 bridgehead atoms. The summed E-state index contributed by atoms with van der Waals surface area (Å²) in [6, 6.07) is 9.54. The Balaban J connectivity index is 1.88. The summed E-state index contributed by atoms with van der Waals surface area (Å²) in [5.41, 5.74) is 1.45. The van der Waals surface area contributed by atoms with Crippen molar-refractivity contribution >= 4 is 22.7 Å². The van der Waals surface area contributed by atoms with E-state index in [1.165, 1.54) is 0 Å². The molecule has 0 spiro atoms. The molecule has 0 unspecified atom stereocenters. The van der Waals surface area contributed by atoms with Gasteiger partial charge in [0.25, 0.3) is 5.91 Å². The zero-order valence-corrected chi connectivity index (χ0v) is 12.5. The van der Waals surface area contributed by atoms with Crippen LogP contribution >= 0.6 is 0 Å². The lowest BCUT2D eigenvalue weighted by molar-refractivity contribution is -0.130. The Morgan fingerprint density at radius 3 is 2.57 bits per heavy atom. The Labute approximate surface area is 124 Å². The number of aromatic amines is 1. The summed E-state index contributed by atoms with van der Waals surface area (Å²) < 4.78 is 0. The highest BCUT2D eigenvalue weighted by Gasteiger charge is 2.12. The molecule has 0 saturated heterocycles. The van der Waals surface area contributed by atoms with Crippen LogP contribution in [-0.4, -0.2) is 41.3 Å². The highest BCUT2D eigenvalue weighted by molar-refractivity contribution is 5.98. The molecule has 0 fully saturated rings. The van der Waals surface area contributed by atoms with E-state index in [2.05, 4.69) is 10.3 Å². The minimum absolute atomic E-state index is 0.0666. The Morgan fingerprint density at radius 2 is 1.90 bits per heavy atom. The Morgan fingerprint density at radius 1 is 1.19 bits per heavy atom. The van der Waals surface area contributed by atoms with Crippen LogP contribution < -0.4 is 5.32 Å². The Bertz CT molecular complexity index is 596. The van der Waals surface area contributed by atoms with E-state index in [1.807, 2.05) is 44.2 Å². The zero-order valence-electron chi connectivity index (χ0n) is 12.5. The topological polar surface area (TPSA) is 65.2 Å². The summed E-state index contributed by atoms with van der Waals surface area (Å²) in [7, 11) is 0. The predicted octanol–water partition coefficient (Wildman–Crippen LogP) is 2.16. The van der Waals surface area contributed by atoms with Gasteiger partial charge in [-0.2, -0.15) is 0 Å². The van der Waals surface area contributed by atoms with E-state index >= 15 is 0 Å². The minimum Gasteiger partial charge on any atom is -0.351 e. The van der Waals surface area contributed by atoms with Gasteiger partial charge in [0.15, 0.2) is 0 Å². The van der Waals surface area contributed by atoms with Gasteiger partial charge in [-0.3, -0.25) is 9.59 Å². The third-order valence-electron chi connectivity index (χ3n) is 3.52. The SMILES string of the molecule is CCN(CC)C(=O)CCNC(=O)c1cc2ccccc2[nH]1. The quantitative estimate of drug-likeness (QED) is 0.855. The van der Waals surface area contributed by atoms with Crippen LogP contribution in [0.25, 0.3) is 10.9 Å². The average molecular weight is 287 g/mol. The number of hydrogen-bond donors (Lipinski definition) is 2. The first-order valence-corrected chi connectivity index (χ1v) is 7.29. The fourth-order valence-corrected chi connectivity index (χ4v) is 2.31. The van der Waals surface area contributed by atoms with Crippen LogP contribution in [0.4, 0.5) is 0 Å². The molecule has 2 amide bonds. The molecule has 0 radical (unpaired) electrons. The monoisotopic (exact) mass is 287 g/mol. The van der Waals surface area contributed by atoms with E-state index in [0.717, 1.165) is 10.9 Å². The lowest BCUT2D eigenvalue weighted by atomic mass is 10.2. The number of amides is 2. The van der Waals surface area contributed by atoms with E-state index < -0.39 is 0 Å². The smallest absolute Gasteiger partial charge is 0.267 e. The third kappa shape index (κ3) is 3.62. The van der Waals surface area contributed by atoms with Gasteiger partial charge in [-0.15, -0.1) is 0 Å². The van der Waals surface area contributed by atoms with E-state index in [0.29, 0.717) is 31.7 Å². The Hall–Kier alpha value is -2.30. The number of H-pyrrole nitrogens is 1. The molecule has 1 aromatic heterocycles. The predicted molar refractivity (Wildman–Crippen MR) is 83.2 cm³/mol. The van der Waals surface area contributed by atoms with Crippen molar-refractivity contribution in [3.8, 4) is 0 Å². The lowest BCUT2D eigenvalue weighted by Crippen LogP contribution is -2.34. The molecule has 5 heteroatoms. The summed E-state index contributed by atoms with van der Waals surface area (Å²) in [5, 5.41) is 3.78. The van der Waals surface area contributed by atoms with Crippen LogP contribution in [-0.2, 0) is 4.79 Å². The second-order valence-corrected chi connectivity index (χ2v) is 4.84. The first-order chi connectivity index (χ1) is 10.2. The second kappa shape index (κ2) is 6.92. The second-order valence-electron chi connectivity index (χ2n) is 4.84. The fourth-order valence-electron chi connectivity index (χ4n) is 2.31. The van der Waals surface area contributed by atoms with Gasteiger partial charge >= 0.3 is 0 Å². The van der Waals surface area contributed by atoms with Crippen LogP contribution in [0.1, 0.15) is 30.8 Å². The van der Waals surface area contributed by atoms with Crippen LogP contribution in [0.5, 0.6) is 0 Å². The summed E-state index contributed by atoms with van der Waals surface area (Å²) in [6.45, 7) is 5.65. The normalized spacial score (nSPS) is 10.6. The average Bonchev–Trinajstić information content (AvgIpc) is 2.92. The van der Waals surface area contributed by atoms with Crippen molar-refractivity contribution in [1.29, 1.82) is 0 Å². The van der Waals surface area contributed by atoms with Gasteiger partial charge in [-0.25, -0.2) is 0 Å². The number of rotatable bonds is 6. The number of nitrogens with one attached hydrogen (secondary N) is 2. The molecule has 0 aliphatic carbocycles. The maximum atomic E-state index is 12.0. The van der Waals surface area contributed by atoms with Gasteiger partial charge in [0.1, 0.15) is 5.69 Å². The van der Waals surface area contributed by atoms with Gasteiger partial charge in [0.05, 0.1) is 0 Å². The van der Waals surface area contributed by atoms with E-state index in [1.54, 1.807) is 4.90 Å². The number of para-hydroxylation sites is 1. The number of nitrogens with zero attached hydrogens (tertiary/aromatic N) is 1. The fraction of sp³-hybridized carbons (Fsp3) is 0.375. The van der Waals surface area contributed by atoms with Gasteiger partial charge in [-0.05, 0) is 26.0 Å². The highest BCUT2D eigenvalue weighted by atomic mass is 16.2. The largest absolute Gasteiger partial charge is 0.351 e. The molecular formula is C16H21N3O2. The van der Waals surface area contributed by atoms with Crippen molar-refractivity contribution in [3.05, 3.63) is 36.0 Å². The third-order valence-corrected chi connectivity index (χ3v) is 3.52. The van der Waals surface area contributed by atoms with Crippen molar-refractivity contribution in [2.24, 2.45) is 0 Å². The van der Waals surface area contributed by atoms with Crippen molar-refractivity contribution in [2.75, 3.05) is 19.6 Å². The molecule has 0 aliphatic heterocycles. The van der Waals surface area contributed by atoms with Gasteiger partial charge in [-0.1, -0.05) is 18.2 Å². The van der Waals surface area contributed by atoms with Crippen LogP contribution in [0.2, 0.25) is 0 Å². The Kier molecular flexibility index (Phi) is 4.98. The molecule has 1 heterocycles. The molecule has 1 aromatic carbocycles. The molecule has 112 valence electrons. The first kappa shape index (κ1) is 15.1. The minimum atomic E-state index is -0.182. The number of hydrogen-bond acceptors (Lipinski definition) is 2. The summed E-state index contributed by atoms with van der Waals surface area (Å²) >= 11 is 0. The molecule has 5 nitrogen and oxygen atoms in total. The number of fused-ring (bicyclic) bond motifs is 1. The number of benzene rings is 1. The molecule has 2 aromatic rings. The highest BCUT2D eigenvalue weighted by Crippen LogP contribution is 2.14. The summed E-state index contributed by atoms with van der Waals surface area (Å²) in [4.78, 5) is 28.7. The summed E-state index contributed by atoms with van der Waals surface area (Å²) in [5.74, 6) is -0.115. The van der Waals surface area contributed by atoms with Gasteiger partial charge in [0.2, 0.25) is 5.91 Å². The maximum absolute atomic E-state index is 12.0. The van der Waals surface area contributed by atoms with E-state index in [-0.39, 0.29) is 11.8 Å². The number of carbonyl (C=O) groups is 2. The molecule has 0 saturated carbocycles. The zero-order chi connectivity index (χ0) is 15.2. The van der Waals surface area contributed by atoms with Crippen molar-refractivity contribution in [3.63, 3.8) is 0 Å². The van der Waals surface area contributed by atoms with Crippen molar-refractivity contribution < 1.29 is 9.59 Å². The molecule has 2 N–H and O–H groups in total. The van der Waals surface area contributed by atoms with Crippen molar-refractivity contribution in [2.45, 2.75) is 20.3 Å². The number of aromatic nitrogens is 1. The standard InChI is InChI=1S/C16H21N3O2/c1-3-19(4-2)15(20)9-10-17-16(21)14-11-12-7-5-6-8-13(12)18-14/h5-8,11,18H,3-4,9-10H2,1-2H3,(H,17,21). The van der Waals surface area contributed by atoms with Gasteiger partial charge < -0.3 is 15.2 Å². The maximum Gasteiger partial charge on any atom is 0.267 e. The first-order valence-electron chi connectivity index (χ1n) is 7.29. The van der Waals surface area contributed by atoms with Crippen LogP contribution in [0.3, 0.4) is 0 Å². The number of carbonyl (C=O) groups excluding carboxylic acids is 2. The van der Waals surface area contributed by atoms with Crippen LogP contribution in [0.15, 0.2) is 30.3 Å². The van der Waals surface area contributed by atoms with Gasteiger partial charge in [0, 0.05) is 37.0 Å². The summed E-state index contributed by atoms with van der Waals surface area (Å²) in [6.07, 6.45) is 0.327. The van der Waals surface area contributed by atoms with Crippen molar-refractivity contribution in [1.82, 2.24) is 15.2 Å². The lowest BCUT2D eigenvalue weighted by Gasteiger charge is -2.18. The molecule has 21 heavy (non-hydrogen) atoms. The van der Waals surface area contributed by atoms with E-state index in [4.69, 9.17) is 0 Å². The van der Waals surface area contributed by atoms with Crippen LogP contribution in [0, 0.1) is 0 Å². The molecular weight excluding hydrogens is 266 g/mol.